The molecular formula is C16H17N3O3S. The summed E-state index contributed by atoms with van der Waals surface area (Å²) in [5.74, 6) is 0.107. The normalized spacial score (nSPS) is 13.4. The van der Waals surface area contributed by atoms with Crippen LogP contribution in [-0.2, 0) is 9.53 Å². The Morgan fingerprint density at radius 3 is 2.65 bits per heavy atom. The Labute approximate surface area is 137 Å². The zero-order valence-corrected chi connectivity index (χ0v) is 13.5. The van der Waals surface area contributed by atoms with Crippen LogP contribution in [0.25, 0.3) is 11.3 Å². The zero-order valence-electron chi connectivity index (χ0n) is 12.7. The van der Waals surface area contributed by atoms with Gasteiger partial charge in [-0.2, -0.15) is 0 Å². The number of aromatic nitrogens is 1. The Balaban J connectivity index is 1.86. The Kier molecular flexibility index (Phi) is 4.57. The van der Waals surface area contributed by atoms with Gasteiger partial charge in [-0.05, 0) is 19.8 Å². The van der Waals surface area contributed by atoms with Gasteiger partial charge in [-0.3, -0.25) is 10.1 Å². The molecule has 0 bridgehead atoms. The van der Waals surface area contributed by atoms with Crippen molar-refractivity contribution in [2.75, 3.05) is 17.2 Å². The molecule has 2 amide bonds. The number of hydrogen-bond donors (Lipinski definition) is 2. The maximum absolute atomic E-state index is 12.0. The number of nitrogens with zero attached hydrogens (tertiary/aromatic N) is 1. The van der Waals surface area contributed by atoms with Gasteiger partial charge in [0.1, 0.15) is 10.7 Å². The SMILES string of the molecule is CCOC(=O)Nc1nc(-c2ccccc2)c(NC(=O)C2CC2)s1. The molecule has 120 valence electrons. The van der Waals surface area contributed by atoms with Crippen molar-refractivity contribution in [3.8, 4) is 11.3 Å². The lowest BCUT2D eigenvalue weighted by molar-refractivity contribution is -0.117. The molecule has 6 nitrogen and oxygen atoms in total. The summed E-state index contributed by atoms with van der Waals surface area (Å²) in [7, 11) is 0. The van der Waals surface area contributed by atoms with Crippen LogP contribution < -0.4 is 10.6 Å². The van der Waals surface area contributed by atoms with E-state index in [2.05, 4.69) is 15.6 Å². The third-order valence-corrected chi connectivity index (χ3v) is 4.23. The molecule has 0 unspecified atom stereocenters. The van der Waals surface area contributed by atoms with Crippen LogP contribution >= 0.6 is 11.3 Å². The van der Waals surface area contributed by atoms with Crippen molar-refractivity contribution in [1.29, 1.82) is 0 Å². The summed E-state index contributed by atoms with van der Waals surface area (Å²) in [5.41, 5.74) is 1.53. The van der Waals surface area contributed by atoms with Crippen LogP contribution in [0.1, 0.15) is 19.8 Å². The molecule has 3 rings (SSSR count). The van der Waals surface area contributed by atoms with Crippen molar-refractivity contribution >= 4 is 33.5 Å². The van der Waals surface area contributed by atoms with Gasteiger partial charge in [0.2, 0.25) is 5.91 Å². The molecular weight excluding hydrogens is 314 g/mol. The van der Waals surface area contributed by atoms with Crippen LogP contribution in [0.15, 0.2) is 30.3 Å². The van der Waals surface area contributed by atoms with Gasteiger partial charge in [0.05, 0.1) is 6.61 Å². The lowest BCUT2D eigenvalue weighted by Gasteiger charge is -2.03. The van der Waals surface area contributed by atoms with Crippen LogP contribution in [-0.4, -0.2) is 23.6 Å². The predicted octanol–water partition coefficient (Wildman–Crippen LogP) is 3.73. The summed E-state index contributed by atoms with van der Waals surface area (Å²) in [6.45, 7) is 2.02. The third-order valence-electron chi connectivity index (χ3n) is 3.34. The maximum Gasteiger partial charge on any atom is 0.413 e. The zero-order chi connectivity index (χ0) is 16.2. The number of anilines is 2. The highest BCUT2D eigenvalue weighted by Gasteiger charge is 2.30. The average molecular weight is 331 g/mol. The summed E-state index contributed by atoms with van der Waals surface area (Å²) in [6, 6.07) is 9.54. The minimum Gasteiger partial charge on any atom is -0.450 e. The second kappa shape index (κ2) is 6.78. The average Bonchev–Trinajstić information content (AvgIpc) is 3.32. The fourth-order valence-corrected chi connectivity index (χ4v) is 2.94. The Hall–Kier alpha value is -2.41. The van der Waals surface area contributed by atoms with E-state index in [0.29, 0.717) is 15.8 Å². The molecule has 0 atom stereocenters. The van der Waals surface area contributed by atoms with Gasteiger partial charge in [-0.25, -0.2) is 9.78 Å². The fourth-order valence-electron chi connectivity index (χ4n) is 2.06. The molecule has 1 heterocycles. The second-order valence-electron chi connectivity index (χ2n) is 5.17. The number of benzene rings is 1. The molecule has 1 aromatic heterocycles. The van der Waals surface area contributed by atoms with Crippen LogP contribution in [0.5, 0.6) is 0 Å². The first kappa shape index (κ1) is 15.5. The first-order valence-electron chi connectivity index (χ1n) is 7.48. The topological polar surface area (TPSA) is 80.3 Å². The summed E-state index contributed by atoms with van der Waals surface area (Å²) < 4.78 is 4.86. The van der Waals surface area contributed by atoms with Crippen LogP contribution in [0.3, 0.4) is 0 Å². The minimum absolute atomic E-state index is 0.00789. The van der Waals surface area contributed by atoms with Crippen LogP contribution in [0.2, 0.25) is 0 Å². The first-order valence-corrected chi connectivity index (χ1v) is 8.30. The van der Waals surface area contributed by atoms with E-state index < -0.39 is 6.09 Å². The number of ether oxygens (including phenoxy) is 1. The number of amides is 2. The molecule has 1 saturated carbocycles. The molecule has 2 aromatic rings. The summed E-state index contributed by atoms with van der Waals surface area (Å²) in [4.78, 5) is 28.0. The van der Waals surface area contributed by atoms with E-state index in [1.54, 1.807) is 6.92 Å². The highest BCUT2D eigenvalue weighted by atomic mass is 32.1. The van der Waals surface area contributed by atoms with Crippen molar-refractivity contribution in [2.24, 2.45) is 5.92 Å². The molecule has 1 aliphatic rings. The van der Waals surface area contributed by atoms with Crippen molar-refractivity contribution in [2.45, 2.75) is 19.8 Å². The molecule has 0 spiro atoms. The monoisotopic (exact) mass is 331 g/mol. The van der Waals surface area contributed by atoms with Gasteiger partial charge >= 0.3 is 6.09 Å². The van der Waals surface area contributed by atoms with Gasteiger partial charge in [0.25, 0.3) is 0 Å². The van der Waals surface area contributed by atoms with Crippen molar-refractivity contribution in [3.63, 3.8) is 0 Å². The molecule has 1 fully saturated rings. The van der Waals surface area contributed by atoms with E-state index in [0.717, 1.165) is 18.4 Å². The fraction of sp³-hybridized carbons (Fsp3) is 0.312. The maximum atomic E-state index is 12.0. The summed E-state index contributed by atoms with van der Waals surface area (Å²) >= 11 is 1.23. The van der Waals surface area contributed by atoms with Crippen molar-refractivity contribution in [3.05, 3.63) is 30.3 Å². The van der Waals surface area contributed by atoms with Gasteiger partial charge < -0.3 is 10.1 Å². The number of nitrogens with one attached hydrogen (secondary N) is 2. The lowest BCUT2D eigenvalue weighted by Crippen LogP contribution is -2.13. The molecule has 2 N–H and O–H groups in total. The molecule has 1 aliphatic carbocycles. The van der Waals surface area contributed by atoms with E-state index in [9.17, 15) is 9.59 Å². The minimum atomic E-state index is -0.555. The predicted molar refractivity (Wildman–Crippen MR) is 89.5 cm³/mol. The molecule has 7 heteroatoms. The van der Waals surface area contributed by atoms with Gasteiger partial charge in [0.15, 0.2) is 5.13 Å². The second-order valence-corrected chi connectivity index (χ2v) is 6.17. The molecule has 0 radical (unpaired) electrons. The smallest absolute Gasteiger partial charge is 0.413 e. The highest BCUT2D eigenvalue weighted by molar-refractivity contribution is 7.20. The Morgan fingerprint density at radius 1 is 1.26 bits per heavy atom. The molecule has 1 aromatic carbocycles. The standard InChI is InChI=1S/C16H17N3O3S/c1-2-22-16(21)19-15-17-12(10-6-4-3-5-7-10)14(23-15)18-13(20)11-8-9-11/h3-7,11H,2,8-9H2,1H3,(H,18,20)(H,17,19,21). The lowest BCUT2D eigenvalue weighted by atomic mass is 10.2. The number of carbonyl (C=O) groups is 2. The van der Waals surface area contributed by atoms with E-state index in [4.69, 9.17) is 4.74 Å². The largest absolute Gasteiger partial charge is 0.450 e. The molecule has 23 heavy (non-hydrogen) atoms. The highest BCUT2D eigenvalue weighted by Crippen LogP contribution is 2.38. The first-order chi connectivity index (χ1) is 11.2. The Bertz CT molecular complexity index is 711. The number of carbonyl (C=O) groups excluding carboxylic acids is 2. The van der Waals surface area contributed by atoms with E-state index in [1.165, 1.54) is 11.3 Å². The van der Waals surface area contributed by atoms with E-state index in [1.807, 2.05) is 30.3 Å². The van der Waals surface area contributed by atoms with Crippen molar-refractivity contribution < 1.29 is 14.3 Å². The Morgan fingerprint density at radius 2 is 2.00 bits per heavy atom. The van der Waals surface area contributed by atoms with Gasteiger partial charge in [-0.1, -0.05) is 41.7 Å². The van der Waals surface area contributed by atoms with E-state index in [-0.39, 0.29) is 18.4 Å². The van der Waals surface area contributed by atoms with Gasteiger partial charge in [-0.15, -0.1) is 0 Å². The third kappa shape index (κ3) is 3.87. The molecule has 0 aliphatic heterocycles. The van der Waals surface area contributed by atoms with E-state index >= 15 is 0 Å². The number of rotatable bonds is 5. The van der Waals surface area contributed by atoms with Gasteiger partial charge in [0, 0.05) is 11.5 Å². The quantitative estimate of drug-likeness (QED) is 0.875. The van der Waals surface area contributed by atoms with Crippen molar-refractivity contribution in [1.82, 2.24) is 4.98 Å². The summed E-state index contributed by atoms with van der Waals surface area (Å²) in [5, 5.41) is 6.54. The van der Waals surface area contributed by atoms with Crippen LogP contribution in [0, 0.1) is 5.92 Å². The number of thiazole rings is 1. The van der Waals surface area contributed by atoms with Crippen LogP contribution in [0.4, 0.5) is 14.9 Å². The number of hydrogen-bond acceptors (Lipinski definition) is 5. The molecule has 0 saturated heterocycles. The summed E-state index contributed by atoms with van der Waals surface area (Å²) in [6.07, 6.45) is 1.30.